The largest absolute Gasteiger partial charge is 0.476 e. The summed E-state index contributed by atoms with van der Waals surface area (Å²) in [5.74, 6) is 0.347. The van der Waals surface area contributed by atoms with Gasteiger partial charge in [0.05, 0.1) is 24.1 Å². The number of pyridine rings is 1. The van der Waals surface area contributed by atoms with Gasteiger partial charge in [-0.1, -0.05) is 39.3 Å². The highest BCUT2D eigenvalue weighted by Gasteiger charge is 2.64. The summed E-state index contributed by atoms with van der Waals surface area (Å²) in [4.78, 5) is 16.7. The first-order chi connectivity index (χ1) is 15.8. The van der Waals surface area contributed by atoms with Gasteiger partial charge in [-0.15, -0.1) is 5.10 Å². The molecule has 12 heteroatoms. The molecule has 0 atom stereocenters. The normalized spacial score (nSPS) is 16.9. The van der Waals surface area contributed by atoms with Crippen molar-refractivity contribution >= 4 is 27.5 Å². The number of sulfonamides is 1. The first-order valence-electron chi connectivity index (χ1n) is 10.7. The Balaban J connectivity index is 1.45. The van der Waals surface area contributed by atoms with E-state index in [1.807, 2.05) is 4.72 Å². The number of aromatic nitrogens is 5. The van der Waals surface area contributed by atoms with Crippen molar-refractivity contribution in [3.8, 4) is 11.7 Å². The standard InChI is InChI=1S/C22H27ClN6O4S/c1-13-15(11-24-28(13)6)34(31,32)27-20(30)14-7-8-17(25-19(14)23)29-10-9-18(26-29)33-12-16-21(2,3)22(16,4)5/h7-11,16H,12H2,1-6H3,(H,27,30). The van der Waals surface area contributed by atoms with Gasteiger partial charge in [0.25, 0.3) is 15.9 Å². The molecule has 0 bridgehead atoms. The number of carbonyl (C=O) groups is 1. The molecule has 1 amide bonds. The molecule has 0 unspecified atom stereocenters. The smallest absolute Gasteiger partial charge is 0.268 e. The van der Waals surface area contributed by atoms with Crippen LogP contribution in [0.1, 0.15) is 43.7 Å². The highest BCUT2D eigenvalue weighted by Crippen LogP contribution is 2.68. The molecule has 3 aromatic heterocycles. The van der Waals surface area contributed by atoms with Gasteiger partial charge in [0.15, 0.2) is 5.82 Å². The fourth-order valence-corrected chi connectivity index (χ4v) is 5.53. The second-order valence-corrected chi connectivity index (χ2v) is 11.6. The van der Waals surface area contributed by atoms with Crippen LogP contribution in [0.5, 0.6) is 5.88 Å². The highest BCUT2D eigenvalue weighted by molar-refractivity contribution is 7.90. The average molecular weight is 507 g/mol. The fraction of sp³-hybridized carbons (Fsp3) is 0.455. The first kappa shape index (κ1) is 24.2. The van der Waals surface area contributed by atoms with Crippen molar-refractivity contribution in [2.75, 3.05) is 6.61 Å². The molecule has 182 valence electrons. The van der Waals surface area contributed by atoms with Gasteiger partial charge in [0, 0.05) is 25.2 Å². The Morgan fingerprint density at radius 2 is 1.88 bits per heavy atom. The van der Waals surface area contributed by atoms with E-state index in [0.717, 1.165) is 0 Å². The van der Waals surface area contributed by atoms with E-state index in [1.165, 1.54) is 27.7 Å². The lowest BCUT2D eigenvalue weighted by Crippen LogP contribution is -2.31. The topological polar surface area (TPSA) is 121 Å². The lowest BCUT2D eigenvalue weighted by molar-refractivity contribution is 0.0981. The maximum absolute atomic E-state index is 12.6. The average Bonchev–Trinajstić information content (AvgIpc) is 3.16. The zero-order valence-electron chi connectivity index (χ0n) is 19.8. The van der Waals surface area contributed by atoms with Crippen molar-refractivity contribution in [3.63, 3.8) is 0 Å². The third-order valence-electron chi connectivity index (χ3n) is 7.30. The van der Waals surface area contributed by atoms with Crippen molar-refractivity contribution in [2.24, 2.45) is 23.8 Å². The first-order valence-corrected chi connectivity index (χ1v) is 12.5. The molecule has 1 aliphatic carbocycles. The summed E-state index contributed by atoms with van der Waals surface area (Å²) < 4.78 is 35.9. The van der Waals surface area contributed by atoms with Gasteiger partial charge in [-0.2, -0.15) is 5.10 Å². The minimum Gasteiger partial charge on any atom is -0.476 e. The Morgan fingerprint density at radius 3 is 2.44 bits per heavy atom. The van der Waals surface area contributed by atoms with Gasteiger partial charge >= 0.3 is 0 Å². The molecule has 1 fully saturated rings. The number of hydrogen-bond donors (Lipinski definition) is 1. The molecule has 0 radical (unpaired) electrons. The number of amides is 1. The molecule has 34 heavy (non-hydrogen) atoms. The maximum Gasteiger partial charge on any atom is 0.268 e. The molecule has 10 nitrogen and oxygen atoms in total. The lowest BCUT2D eigenvalue weighted by Gasteiger charge is -2.09. The number of ether oxygens (including phenoxy) is 1. The predicted molar refractivity (Wildman–Crippen MR) is 126 cm³/mol. The number of halogens is 1. The summed E-state index contributed by atoms with van der Waals surface area (Å²) in [6, 6.07) is 4.64. The van der Waals surface area contributed by atoms with Crippen LogP contribution in [0, 0.1) is 23.7 Å². The maximum atomic E-state index is 12.6. The van der Waals surface area contributed by atoms with Crippen molar-refractivity contribution < 1.29 is 17.9 Å². The molecule has 4 rings (SSSR count). The summed E-state index contributed by atoms with van der Waals surface area (Å²) in [7, 11) is -2.52. The van der Waals surface area contributed by atoms with E-state index in [-0.39, 0.29) is 26.4 Å². The Morgan fingerprint density at radius 1 is 1.21 bits per heavy atom. The summed E-state index contributed by atoms with van der Waals surface area (Å²) in [5.41, 5.74) is 0.733. The van der Waals surface area contributed by atoms with Crippen molar-refractivity contribution in [3.05, 3.63) is 47.0 Å². The zero-order chi connectivity index (χ0) is 25.1. The number of aryl methyl sites for hydroxylation is 1. The van der Waals surface area contributed by atoms with E-state index < -0.39 is 15.9 Å². The van der Waals surface area contributed by atoms with Gasteiger partial charge < -0.3 is 4.74 Å². The molecular formula is C22H27ClN6O4S. The molecule has 3 aromatic rings. The zero-order valence-corrected chi connectivity index (χ0v) is 21.4. The van der Waals surface area contributed by atoms with E-state index in [4.69, 9.17) is 16.3 Å². The Hall–Kier alpha value is -2.92. The lowest BCUT2D eigenvalue weighted by atomic mass is 10.0. The quantitative estimate of drug-likeness (QED) is 0.488. The van der Waals surface area contributed by atoms with Crippen LogP contribution in [-0.2, 0) is 17.1 Å². The minimum absolute atomic E-state index is 0.0858. The molecular weight excluding hydrogens is 480 g/mol. The molecule has 1 N–H and O–H groups in total. The van der Waals surface area contributed by atoms with E-state index >= 15 is 0 Å². The van der Waals surface area contributed by atoms with E-state index in [9.17, 15) is 13.2 Å². The summed E-state index contributed by atoms with van der Waals surface area (Å²) in [5, 5.41) is 8.11. The van der Waals surface area contributed by atoms with Crippen LogP contribution >= 0.6 is 11.6 Å². The van der Waals surface area contributed by atoms with Crippen LogP contribution in [0.2, 0.25) is 5.15 Å². The fourth-order valence-electron chi connectivity index (χ4n) is 4.13. The monoisotopic (exact) mass is 506 g/mol. The van der Waals surface area contributed by atoms with Crippen LogP contribution in [0.3, 0.4) is 0 Å². The van der Waals surface area contributed by atoms with Crippen molar-refractivity contribution in [1.82, 2.24) is 29.3 Å². The molecule has 1 saturated carbocycles. The Bertz CT molecular complexity index is 1360. The molecule has 3 heterocycles. The molecule has 0 spiro atoms. The van der Waals surface area contributed by atoms with Crippen LogP contribution in [0.15, 0.2) is 35.5 Å². The number of nitrogens with one attached hydrogen (secondary N) is 1. The minimum atomic E-state index is -4.12. The van der Waals surface area contributed by atoms with Crippen LogP contribution in [0.25, 0.3) is 5.82 Å². The summed E-state index contributed by atoms with van der Waals surface area (Å²) in [6.07, 6.45) is 2.85. The molecule has 0 aromatic carbocycles. The third-order valence-corrected chi connectivity index (χ3v) is 9.02. The van der Waals surface area contributed by atoms with Gasteiger partial charge in [-0.3, -0.25) is 9.48 Å². The van der Waals surface area contributed by atoms with E-state index in [1.54, 1.807) is 26.2 Å². The van der Waals surface area contributed by atoms with Crippen LogP contribution < -0.4 is 9.46 Å². The molecule has 0 saturated heterocycles. The van der Waals surface area contributed by atoms with Gasteiger partial charge in [0.2, 0.25) is 5.88 Å². The summed E-state index contributed by atoms with van der Waals surface area (Å²) in [6.45, 7) is 11.1. The van der Waals surface area contributed by atoms with E-state index in [2.05, 4.69) is 42.9 Å². The van der Waals surface area contributed by atoms with Gasteiger partial charge in [-0.25, -0.2) is 22.8 Å². The van der Waals surface area contributed by atoms with Crippen LogP contribution in [0.4, 0.5) is 0 Å². The number of carbonyl (C=O) groups excluding carboxylic acids is 1. The second-order valence-electron chi connectivity index (χ2n) is 9.57. The number of hydrogen-bond acceptors (Lipinski definition) is 7. The highest BCUT2D eigenvalue weighted by atomic mass is 35.5. The predicted octanol–water partition coefficient (Wildman–Crippen LogP) is 3.14. The third kappa shape index (κ3) is 4.07. The van der Waals surface area contributed by atoms with Crippen molar-refractivity contribution in [2.45, 2.75) is 39.5 Å². The Kier molecular flexibility index (Phi) is 5.76. The van der Waals surface area contributed by atoms with Crippen molar-refractivity contribution in [1.29, 1.82) is 0 Å². The van der Waals surface area contributed by atoms with E-state index in [0.29, 0.717) is 29.9 Å². The number of rotatable bonds is 7. The second kappa shape index (κ2) is 8.09. The summed E-state index contributed by atoms with van der Waals surface area (Å²) >= 11 is 6.21. The van der Waals surface area contributed by atoms with Crippen LogP contribution in [-0.4, -0.2) is 45.5 Å². The molecule has 1 aliphatic rings. The van der Waals surface area contributed by atoms with Gasteiger partial charge in [0.1, 0.15) is 10.0 Å². The Labute approximate surface area is 203 Å². The number of nitrogens with zero attached hydrogens (tertiary/aromatic N) is 5. The van der Waals surface area contributed by atoms with Gasteiger partial charge in [-0.05, 0) is 29.9 Å². The SMILES string of the molecule is Cc1c(S(=O)(=O)NC(=O)c2ccc(-n3ccc(OCC4C(C)(C)C4(C)C)n3)nc2Cl)cnn1C. The molecule has 0 aliphatic heterocycles.